The summed E-state index contributed by atoms with van der Waals surface area (Å²) in [4.78, 5) is 12.7. The zero-order valence-corrected chi connectivity index (χ0v) is 13.8. The molecule has 0 radical (unpaired) electrons. The first-order valence-corrected chi connectivity index (χ1v) is 8.84. The maximum atomic E-state index is 12.2. The summed E-state index contributed by atoms with van der Waals surface area (Å²) in [5, 5.41) is 3.53. The number of methoxy groups -OCH3 is 1. The van der Waals surface area contributed by atoms with Crippen molar-refractivity contribution in [1.29, 1.82) is 0 Å². The first-order valence-electron chi connectivity index (χ1n) is 6.40. The molecule has 0 aliphatic rings. The lowest BCUT2D eigenvalue weighted by atomic mass is 10.2. The molecule has 2 aromatic rings. The minimum atomic E-state index is -0.967. The Hall–Kier alpha value is -1.60. The van der Waals surface area contributed by atoms with Crippen LogP contribution in [0.2, 0.25) is 0 Å². The molecule has 0 aliphatic carbocycles. The Labute approximate surface area is 129 Å². The Morgan fingerprint density at radius 3 is 2.86 bits per heavy atom. The van der Waals surface area contributed by atoms with E-state index >= 15 is 0 Å². The van der Waals surface area contributed by atoms with Crippen molar-refractivity contribution in [1.82, 2.24) is 5.32 Å². The van der Waals surface area contributed by atoms with Gasteiger partial charge in [0.05, 0.1) is 12.8 Å². The van der Waals surface area contributed by atoms with E-state index in [0.29, 0.717) is 17.1 Å². The topological polar surface area (TPSA) is 81.4 Å². The number of thiophene rings is 1. The largest absolute Gasteiger partial charge is 0.497 e. The molecule has 21 heavy (non-hydrogen) atoms. The zero-order chi connectivity index (χ0) is 15.6. The molecule has 0 aliphatic heterocycles. The minimum Gasteiger partial charge on any atom is -0.497 e. The molecule has 7 heteroatoms. The molecule has 0 fully saturated rings. The van der Waals surface area contributed by atoms with Crippen LogP contribution in [0.3, 0.4) is 0 Å². The lowest BCUT2D eigenvalue weighted by Gasteiger charge is -2.09. The summed E-state index contributed by atoms with van der Waals surface area (Å²) in [5.41, 5.74) is 6.52. The molecule has 1 heterocycles. The van der Waals surface area contributed by atoms with Gasteiger partial charge in [-0.15, -0.1) is 11.3 Å². The van der Waals surface area contributed by atoms with Crippen LogP contribution in [0, 0.1) is 0 Å². The third-order valence-electron chi connectivity index (χ3n) is 3.26. The first-order chi connectivity index (χ1) is 9.93. The van der Waals surface area contributed by atoms with E-state index < -0.39 is 10.8 Å². The SMILES string of the molecule is COc1ccc2c(N)c(C(=O)NCC(C)S(C)=O)sc2c1. The van der Waals surface area contributed by atoms with Crippen LogP contribution in [-0.4, -0.2) is 35.3 Å². The van der Waals surface area contributed by atoms with Gasteiger partial charge >= 0.3 is 0 Å². The number of hydrogen-bond donors (Lipinski definition) is 2. The van der Waals surface area contributed by atoms with Gasteiger partial charge in [-0.2, -0.15) is 0 Å². The first kappa shape index (κ1) is 15.8. The number of benzene rings is 1. The molecule has 2 atom stereocenters. The normalized spacial score (nSPS) is 13.9. The van der Waals surface area contributed by atoms with Gasteiger partial charge < -0.3 is 15.8 Å². The van der Waals surface area contributed by atoms with E-state index in [4.69, 9.17) is 10.5 Å². The van der Waals surface area contributed by atoms with Crippen LogP contribution in [-0.2, 0) is 10.8 Å². The van der Waals surface area contributed by atoms with Crippen LogP contribution in [0.4, 0.5) is 5.69 Å². The van der Waals surface area contributed by atoms with Crippen molar-refractivity contribution in [3.05, 3.63) is 23.1 Å². The summed E-state index contributed by atoms with van der Waals surface area (Å²) >= 11 is 1.33. The van der Waals surface area contributed by atoms with Crippen LogP contribution in [0.5, 0.6) is 5.75 Å². The van der Waals surface area contributed by atoms with Crippen molar-refractivity contribution < 1.29 is 13.7 Å². The summed E-state index contributed by atoms with van der Waals surface area (Å²) in [6.07, 6.45) is 1.62. The maximum Gasteiger partial charge on any atom is 0.263 e. The van der Waals surface area contributed by atoms with Gasteiger partial charge in [-0.05, 0) is 25.1 Å². The van der Waals surface area contributed by atoms with Crippen LogP contribution < -0.4 is 15.8 Å². The second kappa shape index (κ2) is 6.44. The molecule has 1 aromatic heterocycles. The number of nitrogens with one attached hydrogen (secondary N) is 1. The van der Waals surface area contributed by atoms with E-state index in [1.54, 1.807) is 13.4 Å². The van der Waals surface area contributed by atoms with Gasteiger partial charge in [0.2, 0.25) is 0 Å². The summed E-state index contributed by atoms with van der Waals surface area (Å²) in [7, 11) is 0.629. The highest BCUT2D eigenvalue weighted by molar-refractivity contribution is 7.84. The Kier molecular flexibility index (Phi) is 4.84. The van der Waals surface area contributed by atoms with Crippen molar-refractivity contribution in [3.8, 4) is 5.75 Å². The quantitative estimate of drug-likeness (QED) is 0.880. The third kappa shape index (κ3) is 3.36. The number of fused-ring (bicyclic) bond motifs is 1. The second-order valence-electron chi connectivity index (χ2n) is 4.73. The number of carbonyl (C=O) groups excluding carboxylic acids is 1. The van der Waals surface area contributed by atoms with Crippen LogP contribution in [0.25, 0.3) is 10.1 Å². The third-order valence-corrected chi connectivity index (χ3v) is 5.73. The molecule has 1 amide bonds. The van der Waals surface area contributed by atoms with E-state index in [9.17, 15) is 9.00 Å². The summed E-state index contributed by atoms with van der Waals surface area (Å²) in [5.74, 6) is 0.496. The van der Waals surface area contributed by atoms with Crippen molar-refractivity contribution in [2.45, 2.75) is 12.2 Å². The average molecular weight is 326 g/mol. The van der Waals surface area contributed by atoms with Gasteiger partial charge in [-0.1, -0.05) is 0 Å². The van der Waals surface area contributed by atoms with Gasteiger partial charge in [-0.25, -0.2) is 0 Å². The highest BCUT2D eigenvalue weighted by Crippen LogP contribution is 2.35. The van der Waals surface area contributed by atoms with Crippen LogP contribution in [0.1, 0.15) is 16.6 Å². The highest BCUT2D eigenvalue weighted by atomic mass is 32.2. The lowest BCUT2D eigenvalue weighted by Crippen LogP contribution is -2.32. The molecule has 3 N–H and O–H groups in total. The molecular weight excluding hydrogens is 308 g/mol. The number of anilines is 1. The second-order valence-corrected chi connectivity index (χ2v) is 7.58. The molecule has 0 saturated heterocycles. The van der Waals surface area contributed by atoms with Crippen molar-refractivity contribution >= 4 is 43.8 Å². The van der Waals surface area contributed by atoms with Crippen molar-refractivity contribution in [3.63, 3.8) is 0 Å². The Morgan fingerprint density at radius 2 is 2.24 bits per heavy atom. The predicted molar refractivity (Wildman–Crippen MR) is 88.7 cm³/mol. The van der Waals surface area contributed by atoms with Gasteiger partial charge in [0, 0.05) is 38.9 Å². The average Bonchev–Trinajstić information content (AvgIpc) is 2.80. The number of rotatable bonds is 5. The van der Waals surface area contributed by atoms with Crippen LogP contribution >= 0.6 is 11.3 Å². The molecule has 0 saturated carbocycles. The number of hydrogen-bond acceptors (Lipinski definition) is 5. The molecule has 2 unspecified atom stereocenters. The smallest absolute Gasteiger partial charge is 0.263 e. The van der Waals surface area contributed by atoms with E-state index in [-0.39, 0.29) is 11.2 Å². The maximum absolute atomic E-state index is 12.2. The van der Waals surface area contributed by atoms with Gasteiger partial charge in [0.1, 0.15) is 10.6 Å². The zero-order valence-electron chi connectivity index (χ0n) is 12.1. The van der Waals surface area contributed by atoms with Crippen molar-refractivity contribution in [2.75, 3.05) is 25.6 Å². The predicted octanol–water partition coefficient (Wildman–Crippen LogP) is 1.99. The molecule has 114 valence electrons. The number of ether oxygens (including phenoxy) is 1. The number of nitrogens with two attached hydrogens (primary N) is 1. The Morgan fingerprint density at radius 1 is 1.52 bits per heavy atom. The minimum absolute atomic E-state index is 0.0929. The van der Waals surface area contributed by atoms with Gasteiger partial charge in [-0.3, -0.25) is 9.00 Å². The van der Waals surface area contributed by atoms with Crippen LogP contribution in [0.15, 0.2) is 18.2 Å². The molecule has 0 spiro atoms. The number of nitrogen functional groups attached to an aromatic ring is 1. The van der Waals surface area contributed by atoms with Gasteiger partial charge in [0.15, 0.2) is 0 Å². The molecule has 0 bridgehead atoms. The fraction of sp³-hybridized carbons (Fsp3) is 0.357. The fourth-order valence-corrected chi connectivity index (χ4v) is 3.21. The summed E-state index contributed by atoms with van der Waals surface area (Å²) in [6, 6.07) is 5.52. The van der Waals surface area contributed by atoms with Crippen molar-refractivity contribution in [2.24, 2.45) is 0 Å². The highest BCUT2D eigenvalue weighted by Gasteiger charge is 2.17. The molecule has 2 rings (SSSR count). The number of amides is 1. The molecule has 1 aromatic carbocycles. The molecular formula is C14H18N2O3S2. The Balaban J connectivity index is 2.23. The van der Waals surface area contributed by atoms with Gasteiger partial charge in [0.25, 0.3) is 5.91 Å². The Bertz CT molecular complexity index is 697. The fourth-order valence-electron chi connectivity index (χ4n) is 1.83. The van der Waals surface area contributed by atoms with E-state index in [2.05, 4.69) is 5.32 Å². The number of carbonyl (C=O) groups is 1. The monoisotopic (exact) mass is 326 g/mol. The van der Waals surface area contributed by atoms with E-state index in [1.165, 1.54) is 11.3 Å². The summed E-state index contributed by atoms with van der Waals surface area (Å²) in [6.45, 7) is 2.19. The lowest BCUT2D eigenvalue weighted by molar-refractivity contribution is 0.0959. The molecule has 5 nitrogen and oxygen atoms in total. The summed E-state index contributed by atoms with van der Waals surface area (Å²) < 4.78 is 17.4. The standard InChI is InChI=1S/C14H18N2O3S2/c1-8(21(3)18)7-16-14(17)13-12(15)10-5-4-9(19-2)6-11(10)20-13/h4-6,8H,7,15H2,1-3H3,(H,16,17). The van der Waals surface area contributed by atoms with E-state index in [1.807, 2.05) is 25.1 Å². The van der Waals surface area contributed by atoms with E-state index in [0.717, 1.165) is 15.8 Å².